The Morgan fingerprint density at radius 2 is 2.00 bits per heavy atom. The lowest BCUT2D eigenvalue weighted by molar-refractivity contribution is -0.143. The lowest BCUT2D eigenvalue weighted by Gasteiger charge is -2.21. The van der Waals surface area contributed by atoms with Crippen molar-refractivity contribution in [2.24, 2.45) is 5.92 Å². The molecular formula is C12H21NO3. The fourth-order valence-electron chi connectivity index (χ4n) is 1.48. The van der Waals surface area contributed by atoms with Crippen molar-refractivity contribution in [3.63, 3.8) is 0 Å². The van der Waals surface area contributed by atoms with Crippen LogP contribution in [0.15, 0.2) is 12.2 Å². The fourth-order valence-corrected chi connectivity index (χ4v) is 1.48. The van der Waals surface area contributed by atoms with E-state index >= 15 is 0 Å². The van der Waals surface area contributed by atoms with Gasteiger partial charge in [-0.2, -0.15) is 0 Å². The minimum Gasteiger partial charge on any atom is -0.481 e. The van der Waals surface area contributed by atoms with Gasteiger partial charge in [-0.1, -0.05) is 26.3 Å². The number of carbonyl (C=O) groups is 2. The van der Waals surface area contributed by atoms with E-state index in [-0.39, 0.29) is 12.5 Å². The highest BCUT2D eigenvalue weighted by atomic mass is 16.4. The van der Waals surface area contributed by atoms with Gasteiger partial charge >= 0.3 is 5.97 Å². The monoisotopic (exact) mass is 227 g/mol. The molecule has 1 N–H and O–H groups in total. The summed E-state index contributed by atoms with van der Waals surface area (Å²) in [5, 5.41) is 9.01. The van der Waals surface area contributed by atoms with E-state index in [2.05, 4.69) is 6.58 Å². The van der Waals surface area contributed by atoms with Gasteiger partial charge in [-0.25, -0.2) is 0 Å². The van der Waals surface area contributed by atoms with Crippen molar-refractivity contribution < 1.29 is 14.7 Å². The van der Waals surface area contributed by atoms with E-state index in [1.807, 2.05) is 6.92 Å². The average molecular weight is 227 g/mol. The maximum Gasteiger partial charge on any atom is 0.308 e. The van der Waals surface area contributed by atoms with Crippen LogP contribution in [0.3, 0.4) is 0 Å². The Kier molecular flexibility index (Phi) is 6.46. The highest BCUT2D eigenvalue weighted by molar-refractivity contribution is 5.92. The van der Waals surface area contributed by atoms with Crippen molar-refractivity contribution in [3.05, 3.63) is 12.2 Å². The van der Waals surface area contributed by atoms with Gasteiger partial charge in [-0.3, -0.25) is 9.59 Å². The number of amides is 1. The van der Waals surface area contributed by atoms with Gasteiger partial charge in [0.1, 0.15) is 0 Å². The largest absolute Gasteiger partial charge is 0.481 e. The van der Waals surface area contributed by atoms with Crippen LogP contribution in [0.2, 0.25) is 0 Å². The van der Waals surface area contributed by atoms with Crippen LogP contribution < -0.4 is 0 Å². The molecule has 1 unspecified atom stereocenters. The van der Waals surface area contributed by atoms with Crippen LogP contribution in [0.5, 0.6) is 0 Å². The maximum atomic E-state index is 11.5. The number of hydrogen-bond donors (Lipinski definition) is 1. The molecule has 4 nitrogen and oxygen atoms in total. The molecular weight excluding hydrogens is 206 g/mol. The highest BCUT2D eigenvalue weighted by Crippen LogP contribution is 2.11. The summed E-state index contributed by atoms with van der Waals surface area (Å²) >= 11 is 0. The quantitative estimate of drug-likeness (QED) is 0.676. The lowest BCUT2D eigenvalue weighted by atomic mass is 10.0. The van der Waals surface area contributed by atoms with E-state index in [1.165, 1.54) is 4.90 Å². The number of aliphatic carboxylic acids is 1. The summed E-state index contributed by atoms with van der Waals surface area (Å²) in [7, 11) is 1.61. The first-order valence-electron chi connectivity index (χ1n) is 5.53. The van der Waals surface area contributed by atoms with Crippen molar-refractivity contribution in [3.8, 4) is 0 Å². The third-order valence-corrected chi connectivity index (χ3v) is 2.46. The lowest BCUT2D eigenvalue weighted by Crippen LogP contribution is -2.35. The molecule has 4 heteroatoms. The first-order chi connectivity index (χ1) is 7.40. The fraction of sp³-hybridized carbons (Fsp3) is 0.667. The summed E-state index contributed by atoms with van der Waals surface area (Å²) in [5.41, 5.74) is 0.433. The van der Waals surface area contributed by atoms with Gasteiger partial charge in [-0.15, -0.1) is 0 Å². The van der Waals surface area contributed by atoms with Crippen molar-refractivity contribution in [1.82, 2.24) is 4.90 Å². The van der Waals surface area contributed by atoms with Crippen LogP contribution in [-0.2, 0) is 9.59 Å². The zero-order valence-corrected chi connectivity index (χ0v) is 10.3. The molecule has 1 amide bonds. The van der Waals surface area contributed by atoms with Gasteiger partial charge in [0.05, 0.1) is 5.92 Å². The predicted molar refractivity (Wildman–Crippen MR) is 63.1 cm³/mol. The third kappa shape index (κ3) is 4.96. The van der Waals surface area contributed by atoms with Crippen LogP contribution in [0, 0.1) is 5.92 Å². The smallest absolute Gasteiger partial charge is 0.308 e. The van der Waals surface area contributed by atoms with Gasteiger partial charge in [0, 0.05) is 19.2 Å². The third-order valence-electron chi connectivity index (χ3n) is 2.46. The Bertz CT molecular complexity index is 273. The Hall–Kier alpha value is -1.32. The van der Waals surface area contributed by atoms with E-state index in [0.717, 1.165) is 12.8 Å². The first kappa shape index (κ1) is 14.7. The number of carboxylic acid groups (broad SMARTS) is 1. The summed E-state index contributed by atoms with van der Waals surface area (Å²) in [6.07, 6.45) is 2.44. The molecule has 1 atom stereocenters. The first-order valence-corrected chi connectivity index (χ1v) is 5.53. The molecule has 0 spiro atoms. The minimum absolute atomic E-state index is 0.192. The molecule has 0 heterocycles. The Morgan fingerprint density at radius 1 is 1.44 bits per heavy atom. The normalized spacial score (nSPS) is 11.9. The van der Waals surface area contributed by atoms with Crippen molar-refractivity contribution in [2.45, 2.75) is 33.1 Å². The Morgan fingerprint density at radius 3 is 2.38 bits per heavy atom. The predicted octanol–water partition coefficient (Wildman–Crippen LogP) is 1.91. The van der Waals surface area contributed by atoms with Crippen LogP contribution >= 0.6 is 0 Å². The molecule has 0 saturated heterocycles. The van der Waals surface area contributed by atoms with Gasteiger partial charge in [0.2, 0.25) is 5.91 Å². The second kappa shape index (κ2) is 7.04. The van der Waals surface area contributed by atoms with Crippen molar-refractivity contribution >= 4 is 11.9 Å². The molecule has 0 aliphatic carbocycles. The topological polar surface area (TPSA) is 57.6 Å². The Balaban J connectivity index is 4.33. The molecule has 0 aliphatic rings. The molecule has 0 rings (SSSR count). The maximum absolute atomic E-state index is 11.5. The van der Waals surface area contributed by atoms with E-state index in [9.17, 15) is 9.59 Å². The number of carbonyl (C=O) groups excluding carboxylic acids is 1. The number of likely N-dealkylation sites (N-methyl/N-ethyl adjacent to an activating group) is 1. The summed E-state index contributed by atoms with van der Waals surface area (Å²) < 4.78 is 0. The summed E-state index contributed by atoms with van der Waals surface area (Å²) in [6.45, 7) is 7.44. The number of unbranched alkanes of at least 4 members (excludes halogenated alkanes) is 1. The van der Waals surface area contributed by atoms with E-state index in [0.29, 0.717) is 12.0 Å². The molecule has 16 heavy (non-hydrogen) atoms. The molecule has 0 aliphatic heterocycles. The van der Waals surface area contributed by atoms with E-state index < -0.39 is 11.9 Å². The van der Waals surface area contributed by atoms with Gasteiger partial charge in [0.15, 0.2) is 0 Å². The zero-order valence-electron chi connectivity index (χ0n) is 10.3. The average Bonchev–Trinajstić information content (AvgIpc) is 2.21. The number of nitrogens with zero attached hydrogens (tertiary/aromatic N) is 1. The summed E-state index contributed by atoms with van der Waals surface area (Å²) in [6, 6.07) is 0. The molecule has 0 radical (unpaired) electrons. The number of carboxylic acids is 1. The standard InChI is InChI=1S/C12H21NO3/c1-5-6-7-10(12(15)16)8-13(4)11(14)9(2)3/h10H,2,5-8H2,1,3-4H3,(H,15,16). The molecule has 0 aromatic rings. The molecule has 0 saturated carbocycles. The van der Waals surface area contributed by atoms with Gasteiger partial charge < -0.3 is 10.0 Å². The zero-order chi connectivity index (χ0) is 12.7. The van der Waals surface area contributed by atoms with Crippen LogP contribution in [0.25, 0.3) is 0 Å². The summed E-state index contributed by atoms with van der Waals surface area (Å²) in [5.74, 6) is -1.51. The van der Waals surface area contributed by atoms with Crippen LogP contribution in [0.1, 0.15) is 33.1 Å². The summed E-state index contributed by atoms with van der Waals surface area (Å²) in [4.78, 5) is 23.9. The van der Waals surface area contributed by atoms with Crippen LogP contribution in [0.4, 0.5) is 0 Å². The molecule has 92 valence electrons. The van der Waals surface area contributed by atoms with Gasteiger partial charge in [-0.05, 0) is 13.3 Å². The van der Waals surface area contributed by atoms with Gasteiger partial charge in [0.25, 0.3) is 0 Å². The highest BCUT2D eigenvalue weighted by Gasteiger charge is 2.21. The second-order valence-corrected chi connectivity index (χ2v) is 4.14. The molecule has 0 aromatic heterocycles. The number of rotatable bonds is 7. The minimum atomic E-state index is -0.838. The van der Waals surface area contributed by atoms with Crippen molar-refractivity contribution in [2.75, 3.05) is 13.6 Å². The number of hydrogen-bond acceptors (Lipinski definition) is 2. The van der Waals surface area contributed by atoms with Crippen LogP contribution in [-0.4, -0.2) is 35.5 Å². The molecule has 0 bridgehead atoms. The Labute approximate surface area is 96.9 Å². The van der Waals surface area contributed by atoms with E-state index in [4.69, 9.17) is 5.11 Å². The molecule has 0 aromatic carbocycles. The van der Waals surface area contributed by atoms with E-state index in [1.54, 1.807) is 14.0 Å². The second-order valence-electron chi connectivity index (χ2n) is 4.14. The SMILES string of the molecule is C=C(C)C(=O)N(C)CC(CCCC)C(=O)O. The van der Waals surface area contributed by atoms with Crippen molar-refractivity contribution in [1.29, 1.82) is 0 Å². The molecule has 0 fully saturated rings.